The van der Waals surface area contributed by atoms with Gasteiger partial charge >= 0.3 is 6.09 Å². The second kappa shape index (κ2) is 11.7. The van der Waals surface area contributed by atoms with Crippen LogP contribution in [0.25, 0.3) is 32.5 Å². The number of nitrogens with zero attached hydrogens (tertiary/aromatic N) is 5. The summed E-state index contributed by atoms with van der Waals surface area (Å²) in [7, 11) is 0.428. The number of thiazole rings is 1. The van der Waals surface area contributed by atoms with Crippen molar-refractivity contribution in [3.8, 4) is 11.1 Å². The third-order valence-corrected chi connectivity index (χ3v) is 11.5. The van der Waals surface area contributed by atoms with E-state index in [0.29, 0.717) is 25.0 Å². The SMILES string of the molecule is COCc1nc2ccc(-c3cn(COCC[Si](C)(C)C)c4nc(N5[C@@H]6CC[C@H]5C[C@@H](NC(=O)O)C6)cnc34)c(Cl)c2s1. The van der Waals surface area contributed by atoms with Crippen LogP contribution in [-0.4, -0.2) is 70.6 Å². The van der Waals surface area contributed by atoms with E-state index in [0.717, 1.165) is 75.1 Å². The van der Waals surface area contributed by atoms with E-state index in [1.807, 2.05) is 29.1 Å². The van der Waals surface area contributed by atoms with E-state index < -0.39 is 14.2 Å². The summed E-state index contributed by atoms with van der Waals surface area (Å²) in [5, 5.41) is 13.5. The van der Waals surface area contributed by atoms with Crippen LogP contribution in [0.2, 0.25) is 30.7 Å². The van der Waals surface area contributed by atoms with Crippen molar-refractivity contribution < 1.29 is 19.4 Å². The zero-order valence-corrected chi connectivity index (χ0v) is 27.0. The van der Waals surface area contributed by atoms with Crippen LogP contribution in [0.1, 0.15) is 30.7 Å². The molecule has 4 aromatic rings. The molecule has 2 N–H and O–H groups in total. The molecule has 10 nitrogen and oxygen atoms in total. The van der Waals surface area contributed by atoms with Crippen LogP contribution in [0.15, 0.2) is 24.5 Å². The summed E-state index contributed by atoms with van der Waals surface area (Å²) in [5.41, 5.74) is 4.15. The molecule has 5 heterocycles. The molecule has 3 atom stereocenters. The molecule has 0 unspecified atom stereocenters. The van der Waals surface area contributed by atoms with Crippen LogP contribution in [0, 0.1) is 0 Å². The molecular weight excluding hydrogens is 592 g/mol. The van der Waals surface area contributed by atoms with Crippen LogP contribution in [0.5, 0.6) is 0 Å². The molecule has 0 spiro atoms. The maximum absolute atomic E-state index is 11.3. The number of piperidine rings is 1. The van der Waals surface area contributed by atoms with Gasteiger partial charge in [0.05, 0.1) is 28.0 Å². The van der Waals surface area contributed by atoms with Gasteiger partial charge in [0, 0.05) is 57.2 Å². The van der Waals surface area contributed by atoms with Gasteiger partial charge in [0.2, 0.25) is 0 Å². The predicted octanol–water partition coefficient (Wildman–Crippen LogP) is 6.59. The van der Waals surface area contributed by atoms with E-state index in [4.69, 9.17) is 31.0 Å². The summed E-state index contributed by atoms with van der Waals surface area (Å²) in [6.45, 7) is 8.54. The van der Waals surface area contributed by atoms with Gasteiger partial charge in [0.25, 0.3) is 0 Å². The van der Waals surface area contributed by atoms with Gasteiger partial charge in [-0.3, -0.25) is 0 Å². The van der Waals surface area contributed by atoms with Crippen molar-refractivity contribution >= 4 is 64.3 Å². The Kier molecular flexibility index (Phi) is 8.18. The smallest absolute Gasteiger partial charge is 0.404 e. The fourth-order valence-electron chi connectivity index (χ4n) is 6.24. The molecule has 6 rings (SSSR count). The average Bonchev–Trinajstić information content (AvgIpc) is 3.58. The predicted molar refractivity (Wildman–Crippen MR) is 169 cm³/mol. The minimum atomic E-state index is -1.23. The number of methoxy groups -OCH3 is 1. The largest absolute Gasteiger partial charge is 0.465 e. The summed E-state index contributed by atoms with van der Waals surface area (Å²) < 4.78 is 14.4. The number of rotatable bonds is 10. The average molecular weight is 629 g/mol. The molecule has 3 aromatic heterocycles. The number of carboxylic acid groups (broad SMARTS) is 1. The Morgan fingerprint density at radius 1 is 1.19 bits per heavy atom. The van der Waals surface area contributed by atoms with E-state index in [1.54, 1.807) is 18.4 Å². The minimum Gasteiger partial charge on any atom is -0.465 e. The first kappa shape index (κ1) is 29.3. The third-order valence-electron chi connectivity index (χ3n) is 8.20. The standard InChI is InChI=1S/C29H37ClN6O4SSi/c1-39-15-24-33-22-8-7-20(25(30)27(22)41-24)21-14-35(16-40-9-10-42(2,3)4)28-26(21)31-13-23(34-28)36-18-5-6-19(36)12-17(11-18)32-29(37)38/h7-8,13-14,17-19,32H,5-6,9-12,15-16H2,1-4H3,(H,37,38)/t17-,18+,19-. The Labute approximate surface area is 255 Å². The highest BCUT2D eigenvalue weighted by Crippen LogP contribution is 2.42. The van der Waals surface area contributed by atoms with Gasteiger partial charge in [-0.1, -0.05) is 37.3 Å². The number of nitrogens with one attached hydrogen (secondary N) is 1. The maximum atomic E-state index is 11.3. The van der Waals surface area contributed by atoms with Gasteiger partial charge in [0.1, 0.15) is 23.1 Å². The molecule has 42 heavy (non-hydrogen) atoms. The molecule has 2 saturated heterocycles. The highest BCUT2D eigenvalue weighted by Gasteiger charge is 2.42. The molecule has 0 saturated carbocycles. The molecule has 1 amide bonds. The van der Waals surface area contributed by atoms with Crippen molar-refractivity contribution in [1.29, 1.82) is 0 Å². The monoisotopic (exact) mass is 628 g/mol. The van der Waals surface area contributed by atoms with Gasteiger partial charge in [-0.25, -0.2) is 19.7 Å². The van der Waals surface area contributed by atoms with Crippen LogP contribution < -0.4 is 10.2 Å². The fraction of sp³-hybridized carbons (Fsp3) is 0.517. The van der Waals surface area contributed by atoms with Gasteiger partial charge in [0.15, 0.2) is 5.65 Å². The highest BCUT2D eigenvalue weighted by molar-refractivity contribution is 7.19. The summed E-state index contributed by atoms with van der Waals surface area (Å²) in [5.74, 6) is 0.824. The van der Waals surface area contributed by atoms with Crippen molar-refractivity contribution in [2.24, 2.45) is 0 Å². The highest BCUT2D eigenvalue weighted by atomic mass is 35.5. The van der Waals surface area contributed by atoms with Crippen molar-refractivity contribution in [2.45, 2.75) is 82.8 Å². The molecule has 2 aliphatic rings. The number of hydrogen-bond acceptors (Lipinski definition) is 8. The summed E-state index contributed by atoms with van der Waals surface area (Å²) in [6, 6.07) is 5.50. The van der Waals surface area contributed by atoms with Gasteiger partial charge < -0.3 is 29.4 Å². The van der Waals surface area contributed by atoms with Crippen LogP contribution in [0.3, 0.4) is 0 Å². The summed E-state index contributed by atoms with van der Waals surface area (Å²) in [6.07, 6.45) is 6.51. The van der Waals surface area contributed by atoms with Gasteiger partial charge in [-0.15, -0.1) is 11.3 Å². The number of benzene rings is 1. The number of fused-ring (bicyclic) bond motifs is 4. The lowest BCUT2D eigenvalue weighted by atomic mass is 9.97. The zero-order chi connectivity index (χ0) is 29.6. The van der Waals surface area contributed by atoms with Gasteiger partial charge in [-0.2, -0.15) is 0 Å². The minimum absolute atomic E-state index is 0.0311. The second-order valence-corrected chi connectivity index (χ2v) is 19.6. The molecule has 0 aliphatic carbocycles. The molecule has 13 heteroatoms. The fourth-order valence-corrected chi connectivity index (χ4v) is 8.35. The number of carbonyl (C=O) groups is 1. The quantitative estimate of drug-likeness (QED) is 0.149. The van der Waals surface area contributed by atoms with Crippen LogP contribution in [-0.2, 0) is 22.8 Å². The Hall–Kier alpha value is -2.77. The summed E-state index contributed by atoms with van der Waals surface area (Å²) >= 11 is 8.56. The Bertz CT molecular complexity index is 1610. The lowest BCUT2D eigenvalue weighted by Gasteiger charge is -2.39. The molecule has 1 aromatic carbocycles. The number of halogens is 1. The van der Waals surface area contributed by atoms with E-state index >= 15 is 0 Å². The number of hydrogen-bond donors (Lipinski definition) is 2. The Morgan fingerprint density at radius 3 is 2.64 bits per heavy atom. The molecule has 2 aliphatic heterocycles. The summed E-state index contributed by atoms with van der Waals surface area (Å²) in [4.78, 5) is 28.4. The number of aromatic nitrogens is 4. The van der Waals surface area contributed by atoms with E-state index in [1.165, 1.54) is 0 Å². The lowest BCUT2D eigenvalue weighted by Crippen LogP contribution is -2.50. The van der Waals surface area contributed by atoms with Crippen LogP contribution >= 0.6 is 22.9 Å². The number of anilines is 1. The first-order valence-corrected chi connectivity index (χ1v) is 19.3. The van der Waals surface area contributed by atoms with Crippen molar-refractivity contribution in [3.05, 3.63) is 34.6 Å². The molecule has 224 valence electrons. The molecule has 0 radical (unpaired) electrons. The van der Waals surface area contributed by atoms with E-state index in [9.17, 15) is 9.90 Å². The normalized spacial score (nSPS) is 20.6. The number of ether oxygens (including phenoxy) is 2. The second-order valence-electron chi connectivity index (χ2n) is 12.5. The molecular formula is C29H37ClN6O4SSi. The van der Waals surface area contributed by atoms with Gasteiger partial charge in [-0.05, 0) is 37.8 Å². The van der Waals surface area contributed by atoms with E-state index in [-0.39, 0.29) is 18.1 Å². The first-order valence-electron chi connectivity index (χ1n) is 14.4. The van der Waals surface area contributed by atoms with E-state index in [2.05, 4.69) is 34.8 Å². The topological polar surface area (TPSA) is 115 Å². The first-order chi connectivity index (χ1) is 20.1. The zero-order valence-electron chi connectivity index (χ0n) is 24.4. The Morgan fingerprint density at radius 2 is 1.95 bits per heavy atom. The van der Waals surface area contributed by atoms with Crippen molar-refractivity contribution in [3.63, 3.8) is 0 Å². The lowest BCUT2D eigenvalue weighted by molar-refractivity contribution is 0.0899. The molecule has 2 bridgehead atoms. The number of amides is 1. The third kappa shape index (κ3) is 5.87. The van der Waals surface area contributed by atoms with Crippen molar-refractivity contribution in [1.82, 2.24) is 24.8 Å². The Balaban J connectivity index is 1.37. The van der Waals surface area contributed by atoms with Crippen LogP contribution in [0.4, 0.5) is 10.6 Å². The molecule has 2 fully saturated rings. The van der Waals surface area contributed by atoms with Crippen molar-refractivity contribution in [2.75, 3.05) is 18.6 Å². The maximum Gasteiger partial charge on any atom is 0.404 e.